The molecule has 0 spiro atoms. The normalized spacial score (nSPS) is 11.7. The molecule has 1 unspecified atom stereocenters. The van der Waals surface area contributed by atoms with Crippen molar-refractivity contribution < 1.29 is 19.2 Å². The topological polar surface area (TPSA) is 133 Å². The minimum Gasteiger partial charge on any atom is -0.458 e. The third kappa shape index (κ3) is 4.49. The molecule has 10 nitrogen and oxygen atoms in total. The van der Waals surface area contributed by atoms with Gasteiger partial charge >= 0.3 is 5.97 Å². The summed E-state index contributed by atoms with van der Waals surface area (Å²) in [6.45, 7) is 2.96. The van der Waals surface area contributed by atoms with E-state index in [4.69, 9.17) is 4.74 Å². The zero-order chi connectivity index (χ0) is 21.8. The molecule has 0 aliphatic heterocycles. The van der Waals surface area contributed by atoms with Crippen LogP contribution in [0, 0.1) is 17.0 Å². The number of hydrogen-bond acceptors (Lipinski definition) is 7. The number of fused-ring (bicyclic) bond motifs is 1. The van der Waals surface area contributed by atoms with E-state index >= 15 is 0 Å². The number of pyridine rings is 1. The first-order chi connectivity index (χ1) is 14.3. The number of amides is 1. The number of carbonyl (C=O) groups is 2. The molecule has 0 fully saturated rings. The minimum absolute atomic E-state index is 0.0448. The number of rotatable bonds is 6. The number of aromatic nitrogens is 2. The molecule has 3 aromatic rings. The molecule has 0 saturated heterocycles. The van der Waals surface area contributed by atoms with Gasteiger partial charge in [-0.3, -0.25) is 24.1 Å². The Morgan fingerprint density at radius 3 is 2.70 bits per heavy atom. The molecule has 30 heavy (non-hydrogen) atoms. The van der Waals surface area contributed by atoms with Crippen LogP contribution in [-0.2, 0) is 16.1 Å². The third-order valence-corrected chi connectivity index (χ3v) is 4.32. The van der Waals surface area contributed by atoms with E-state index in [1.807, 2.05) is 0 Å². The molecule has 3 rings (SSSR count). The maximum Gasteiger partial charge on any atom is 0.328 e. The van der Waals surface area contributed by atoms with Crippen molar-refractivity contribution in [3.8, 4) is 0 Å². The molecule has 2 aromatic heterocycles. The van der Waals surface area contributed by atoms with E-state index in [9.17, 15) is 24.5 Å². The number of aryl methyl sites for hydroxylation is 1. The summed E-state index contributed by atoms with van der Waals surface area (Å²) in [6, 6.07) is 10.6. The van der Waals surface area contributed by atoms with Gasteiger partial charge in [0.15, 0.2) is 0 Å². The van der Waals surface area contributed by atoms with E-state index in [-0.39, 0.29) is 29.1 Å². The van der Waals surface area contributed by atoms with Crippen molar-refractivity contribution in [3.63, 3.8) is 0 Å². The monoisotopic (exact) mass is 410 g/mol. The quantitative estimate of drug-likeness (QED) is 0.372. The van der Waals surface area contributed by atoms with E-state index in [1.165, 1.54) is 35.6 Å². The first-order valence-electron chi connectivity index (χ1n) is 8.96. The summed E-state index contributed by atoms with van der Waals surface area (Å²) >= 11 is 0. The number of hydrogen-bond donors (Lipinski definition) is 1. The standard InChI is InChI=1S/C20H18N4O6/c1-12-5-3-8-17-22-15(10-18(25)23(12)17)11-30-20(27)13(2)21-19(26)14-6-4-7-16(9-14)24(28)29/h3-10,13H,11H2,1-2H3,(H,21,26). The van der Waals surface area contributed by atoms with Crippen molar-refractivity contribution in [3.05, 3.63) is 86.0 Å². The summed E-state index contributed by atoms with van der Waals surface area (Å²) < 4.78 is 6.59. The Morgan fingerprint density at radius 1 is 1.23 bits per heavy atom. The fourth-order valence-electron chi connectivity index (χ4n) is 2.81. The summed E-state index contributed by atoms with van der Waals surface area (Å²) in [5.74, 6) is -1.39. The molecular formula is C20H18N4O6. The van der Waals surface area contributed by atoms with E-state index in [0.717, 1.165) is 11.8 Å². The SMILES string of the molecule is Cc1cccc2nc(COC(=O)C(C)NC(=O)c3cccc([N+](=O)[O-])c3)cc(=O)n12. The molecule has 2 heterocycles. The summed E-state index contributed by atoms with van der Waals surface area (Å²) in [5, 5.41) is 13.2. The van der Waals surface area contributed by atoms with Gasteiger partial charge in [-0.15, -0.1) is 0 Å². The van der Waals surface area contributed by atoms with Crippen LogP contribution in [0.1, 0.15) is 28.7 Å². The van der Waals surface area contributed by atoms with Crippen LogP contribution in [0.25, 0.3) is 5.65 Å². The average molecular weight is 410 g/mol. The lowest BCUT2D eigenvalue weighted by Crippen LogP contribution is -2.39. The van der Waals surface area contributed by atoms with Gasteiger partial charge in [0.1, 0.15) is 18.3 Å². The van der Waals surface area contributed by atoms with Crippen molar-refractivity contribution >= 4 is 23.2 Å². The van der Waals surface area contributed by atoms with Crippen LogP contribution in [0.15, 0.2) is 53.3 Å². The van der Waals surface area contributed by atoms with Gasteiger partial charge in [0.25, 0.3) is 17.2 Å². The molecule has 0 aliphatic rings. The molecule has 10 heteroatoms. The zero-order valence-electron chi connectivity index (χ0n) is 16.2. The number of nitro benzene ring substituents is 1. The highest BCUT2D eigenvalue weighted by Gasteiger charge is 2.20. The van der Waals surface area contributed by atoms with Gasteiger partial charge in [-0.1, -0.05) is 12.1 Å². The molecule has 154 valence electrons. The predicted molar refractivity (Wildman–Crippen MR) is 106 cm³/mol. The van der Waals surface area contributed by atoms with Crippen LogP contribution in [-0.4, -0.2) is 32.2 Å². The van der Waals surface area contributed by atoms with Crippen molar-refractivity contribution in [1.29, 1.82) is 0 Å². The van der Waals surface area contributed by atoms with Crippen molar-refractivity contribution in [2.24, 2.45) is 0 Å². The molecular weight excluding hydrogens is 392 g/mol. The van der Waals surface area contributed by atoms with Crippen LogP contribution >= 0.6 is 0 Å². The fraction of sp³-hybridized carbons (Fsp3) is 0.200. The van der Waals surface area contributed by atoms with Gasteiger partial charge in [-0.2, -0.15) is 0 Å². The second kappa shape index (κ2) is 8.52. The second-order valence-corrected chi connectivity index (χ2v) is 6.56. The Kier molecular flexibility index (Phi) is 5.86. The Morgan fingerprint density at radius 2 is 1.97 bits per heavy atom. The number of nitrogens with zero attached hydrogens (tertiary/aromatic N) is 3. The van der Waals surface area contributed by atoms with Gasteiger partial charge in [-0.05, 0) is 32.0 Å². The van der Waals surface area contributed by atoms with Gasteiger partial charge in [-0.25, -0.2) is 9.78 Å². The average Bonchev–Trinajstić information content (AvgIpc) is 2.71. The Bertz CT molecular complexity index is 1200. The maximum absolute atomic E-state index is 12.3. The highest BCUT2D eigenvalue weighted by molar-refractivity contribution is 5.97. The summed E-state index contributed by atoms with van der Waals surface area (Å²) in [5.41, 5.74) is 0.948. The number of nitro groups is 1. The summed E-state index contributed by atoms with van der Waals surface area (Å²) in [4.78, 5) is 51.2. The smallest absolute Gasteiger partial charge is 0.328 e. The Balaban J connectivity index is 1.64. The summed E-state index contributed by atoms with van der Waals surface area (Å²) in [7, 11) is 0. The summed E-state index contributed by atoms with van der Waals surface area (Å²) in [6.07, 6.45) is 0. The van der Waals surface area contributed by atoms with E-state index in [0.29, 0.717) is 5.65 Å². The number of ether oxygens (including phenoxy) is 1. The number of nitrogens with one attached hydrogen (secondary N) is 1. The molecule has 0 saturated carbocycles. The highest BCUT2D eigenvalue weighted by Crippen LogP contribution is 2.13. The maximum atomic E-state index is 12.3. The fourth-order valence-corrected chi connectivity index (χ4v) is 2.81. The second-order valence-electron chi connectivity index (χ2n) is 6.56. The van der Waals surface area contributed by atoms with E-state index in [2.05, 4.69) is 10.3 Å². The van der Waals surface area contributed by atoms with E-state index < -0.39 is 22.8 Å². The van der Waals surface area contributed by atoms with Gasteiger partial charge < -0.3 is 10.1 Å². The molecule has 1 amide bonds. The van der Waals surface area contributed by atoms with Crippen LogP contribution in [0.5, 0.6) is 0 Å². The number of benzene rings is 1. The van der Waals surface area contributed by atoms with Crippen molar-refractivity contribution in [1.82, 2.24) is 14.7 Å². The zero-order valence-corrected chi connectivity index (χ0v) is 16.2. The molecule has 1 N–H and O–H groups in total. The van der Waals surface area contributed by atoms with Crippen molar-refractivity contribution in [2.75, 3.05) is 0 Å². The third-order valence-electron chi connectivity index (χ3n) is 4.32. The van der Waals surface area contributed by atoms with Gasteiger partial charge in [0, 0.05) is 29.5 Å². The Labute approximate surface area is 170 Å². The van der Waals surface area contributed by atoms with Gasteiger partial charge in [0.05, 0.1) is 10.6 Å². The number of esters is 1. The molecule has 1 aromatic carbocycles. The highest BCUT2D eigenvalue weighted by atomic mass is 16.6. The van der Waals surface area contributed by atoms with Crippen LogP contribution in [0.3, 0.4) is 0 Å². The van der Waals surface area contributed by atoms with E-state index in [1.54, 1.807) is 25.1 Å². The van der Waals surface area contributed by atoms with Crippen LogP contribution < -0.4 is 10.9 Å². The first-order valence-corrected chi connectivity index (χ1v) is 8.96. The molecule has 0 bridgehead atoms. The van der Waals surface area contributed by atoms with Crippen LogP contribution in [0.4, 0.5) is 5.69 Å². The minimum atomic E-state index is -1.01. The number of carbonyl (C=O) groups excluding carboxylic acids is 2. The molecule has 0 radical (unpaired) electrons. The lowest BCUT2D eigenvalue weighted by Gasteiger charge is -2.13. The Hall–Kier alpha value is -4.08. The molecule has 1 atom stereocenters. The largest absolute Gasteiger partial charge is 0.458 e. The lowest BCUT2D eigenvalue weighted by molar-refractivity contribution is -0.384. The number of non-ortho nitro benzene ring substituents is 1. The molecule has 0 aliphatic carbocycles. The van der Waals surface area contributed by atoms with Gasteiger partial charge in [0.2, 0.25) is 0 Å². The van der Waals surface area contributed by atoms with Crippen LogP contribution in [0.2, 0.25) is 0 Å². The predicted octanol–water partition coefficient (Wildman–Crippen LogP) is 1.77. The van der Waals surface area contributed by atoms with Crippen molar-refractivity contribution in [2.45, 2.75) is 26.5 Å². The lowest BCUT2D eigenvalue weighted by atomic mass is 10.2. The first kappa shape index (κ1) is 20.6.